The molecule has 0 radical (unpaired) electrons. The van der Waals surface area contributed by atoms with Gasteiger partial charge in [-0.1, -0.05) is 17.1 Å². The largest absolute Gasteiger partial charge is 0.711 e. The predicted molar refractivity (Wildman–Crippen MR) is 140 cm³/mol. The minimum Gasteiger partial charge on any atom is -0.711 e. The second kappa shape index (κ2) is 11.4. The van der Waals surface area contributed by atoms with E-state index >= 15 is 0 Å². The molecule has 8 nitrogen and oxygen atoms in total. The second-order valence-electron chi connectivity index (χ2n) is 11.0. The van der Waals surface area contributed by atoms with Gasteiger partial charge in [0.05, 0.1) is 18.2 Å². The van der Waals surface area contributed by atoms with E-state index in [4.69, 9.17) is 4.74 Å². The van der Waals surface area contributed by atoms with Crippen molar-refractivity contribution in [3.05, 3.63) is 63.9 Å². The molecule has 2 unspecified atom stereocenters. The van der Waals surface area contributed by atoms with E-state index in [1.807, 2.05) is 4.90 Å². The van der Waals surface area contributed by atoms with Crippen LogP contribution in [0.25, 0.3) is 0 Å². The van der Waals surface area contributed by atoms with Gasteiger partial charge in [-0.2, -0.15) is 13.2 Å². The van der Waals surface area contributed by atoms with Gasteiger partial charge in [-0.3, -0.25) is 14.6 Å². The Bertz CT molecular complexity index is 1170. The number of ether oxygens (including phenoxy) is 1. The average molecular weight is 550 g/mol. The standard InChI is InChI=1S/C28H38F3N5O3/c1-19-16-34(14-15-35(19)24(17-39-5)22-6-8-23(9-7-22)28(29,30)31)27(4)10-12-33(13-11-27)26(37)25-20(2)32-18-36(38)21(25)3/h6-9,18-19,24H,10-17H2,1-5H3. The van der Waals surface area contributed by atoms with Crippen molar-refractivity contribution >= 4 is 5.91 Å². The summed E-state index contributed by atoms with van der Waals surface area (Å²) >= 11 is 0. The number of carbonyl (C=O) groups is 1. The van der Waals surface area contributed by atoms with Gasteiger partial charge in [0.1, 0.15) is 11.3 Å². The third-order valence-corrected chi connectivity index (χ3v) is 8.54. The van der Waals surface area contributed by atoms with Crippen LogP contribution >= 0.6 is 0 Å². The monoisotopic (exact) mass is 549 g/mol. The van der Waals surface area contributed by atoms with E-state index in [0.717, 1.165) is 50.2 Å². The summed E-state index contributed by atoms with van der Waals surface area (Å²) in [5.74, 6) is -0.151. The maximum absolute atomic E-state index is 13.3. The molecule has 1 aromatic heterocycles. The number of rotatable bonds is 6. The first-order valence-corrected chi connectivity index (χ1v) is 13.4. The van der Waals surface area contributed by atoms with Crippen LogP contribution in [0.1, 0.15) is 65.6 Å². The van der Waals surface area contributed by atoms with Gasteiger partial charge in [-0.15, -0.1) is 0 Å². The minimum absolute atomic E-state index is 0.0836. The SMILES string of the molecule is COCC(c1ccc(C(F)(F)F)cc1)N1CCN(C2(C)CCN(C(=O)c3c(C)nc[n+]([O-])c3C)CC2)CC1C. The highest BCUT2D eigenvalue weighted by Gasteiger charge is 2.42. The lowest BCUT2D eigenvalue weighted by Gasteiger charge is -2.52. The molecule has 0 bridgehead atoms. The molecule has 2 atom stereocenters. The summed E-state index contributed by atoms with van der Waals surface area (Å²) in [5, 5.41) is 12.0. The smallest absolute Gasteiger partial charge is 0.416 e. The zero-order valence-electron chi connectivity index (χ0n) is 23.3. The maximum atomic E-state index is 13.3. The fourth-order valence-electron chi connectivity index (χ4n) is 6.00. The van der Waals surface area contributed by atoms with Crippen LogP contribution in [-0.4, -0.2) is 83.6 Å². The molecular formula is C28H38F3N5O3. The van der Waals surface area contributed by atoms with Crippen LogP contribution in [0, 0.1) is 19.1 Å². The average Bonchev–Trinajstić information content (AvgIpc) is 2.90. The summed E-state index contributed by atoms with van der Waals surface area (Å²) in [5.41, 5.74) is 1.37. The highest BCUT2D eigenvalue weighted by molar-refractivity contribution is 5.96. The lowest BCUT2D eigenvalue weighted by molar-refractivity contribution is -0.615. The lowest BCUT2D eigenvalue weighted by atomic mass is 9.86. The van der Waals surface area contributed by atoms with Crippen molar-refractivity contribution < 1.29 is 27.4 Å². The molecule has 0 N–H and O–H groups in total. The van der Waals surface area contributed by atoms with E-state index < -0.39 is 11.7 Å². The molecule has 11 heteroatoms. The third-order valence-electron chi connectivity index (χ3n) is 8.54. The Balaban J connectivity index is 1.41. The molecule has 2 saturated heterocycles. The van der Waals surface area contributed by atoms with Crippen molar-refractivity contribution in [2.45, 2.75) is 64.3 Å². The Morgan fingerprint density at radius 2 is 1.82 bits per heavy atom. The van der Waals surface area contributed by atoms with Gasteiger partial charge in [0, 0.05) is 58.3 Å². The first kappa shape index (κ1) is 29.2. The fourth-order valence-corrected chi connectivity index (χ4v) is 6.00. The quantitative estimate of drug-likeness (QED) is 0.404. The number of aryl methyl sites for hydroxylation is 1. The van der Waals surface area contributed by atoms with Gasteiger partial charge >= 0.3 is 6.18 Å². The maximum Gasteiger partial charge on any atom is 0.416 e. The Labute approximate surface area is 227 Å². The van der Waals surface area contributed by atoms with Crippen LogP contribution in [0.3, 0.4) is 0 Å². The minimum atomic E-state index is -4.36. The predicted octanol–water partition coefficient (Wildman–Crippen LogP) is 3.74. The summed E-state index contributed by atoms with van der Waals surface area (Å²) in [4.78, 5) is 23.9. The van der Waals surface area contributed by atoms with Gasteiger partial charge in [-0.05, 0) is 51.3 Å². The van der Waals surface area contributed by atoms with Crippen LogP contribution in [0.2, 0.25) is 0 Å². The molecule has 0 spiro atoms. The number of methoxy groups -OCH3 is 1. The molecule has 2 aromatic rings. The molecule has 2 fully saturated rings. The number of nitrogens with zero attached hydrogens (tertiary/aromatic N) is 5. The molecule has 0 saturated carbocycles. The zero-order valence-corrected chi connectivity index (χ0v) is 23.3. The molecule has 2 aliphatic rings. The van der Waals surface area contributed by atoms with Gasteiger partial charge in [-0.25, -0.2) is 4.73 Å². The molecule has 4 rings (SSSR count). The summed E-state index contributed by atoms with van der Waals surface area (Å²) in [6.07, 6.45) is -1.56. The number of piperazine rings is 1. The topological polar surface area (TPSA) is 75.9 Å². The Kier molecular flexibility index (Phi) is 8.53. The van der Waals surface area contributed by atoms with Crippen LogP contribution in [0.4, 0.5) is 13.2 Å². The van der Waals surface area contributed by atoms with Crippen LogP contribution < -0.4 is 4.73 Å². The number of likely N-dealkylation sites (tertiary alicyclic amines) is 1. The second-order valence-corrected chi connectivity index (χ2v) is 11.0. The molecule has 214 valence electrons. The third kappa shape index (κ3) is 6.05. The first-order valence-electron chi connectivity index (χ1n) is 13.4. The lowest BCUT2D eigenvalue weighted by Crippen LogP contribution is -2.62. The number of carbonyl (C=O) groups excluding carboxylic acids is 1. The molecular weight excluding hydrogens is 511 g/mol. The van der Waals surface area contributed by atoms with E-state index in [-0.39, 0.29) is 23.5 Å². The molecule has 3 heterocycles. The number of halogens is 3. The van der Waals surface area contributed by atoms with Gasteiger partial charge in [0.15, 0.2) is 5.69 Å². The first-order chi connectivity index (χ1) is 18.4. The Morgan fingerprint density at radius 3 is 2.38 bits per heavy atom. The van der Waals surface area contributed by atoms with E-state index in [1.54, 1.807) is 33.1 Å². The zero-order chi connectivity index (χ0) is 28.5. The van der Waals surface area contributed by atoms with Crippen LogP contribution in [-0.2, 0) is 10.9 Å². The number of hydrogen-bond acceptors (Lipinski definition) is 6. The summed E-state index contributed by atoms with van der Waals surface area (Å²) in [6, 6.07) is 5.40. The van der Waals surface area contributed by atoms with Gasteiger partial charge < -0.3 is 14.8 Å². The number of aromatic nitrogens is 2. The highest BCUT2D eigenvalue weighted by atomic mass is 19.4. The number of hydrogen-bond donors (Lipinski definition) is 0. The van der Waals surface area contributed by atoms with Crippen molar-refractivity contribution in [3.63, 3.8) is 0 Å². The number of piperidine rings is 1. The van der Waals surface area contributed by atoms with E-state index in [0.29, 0.717) is 41.4 Å². The fraction of sp³-hybridized carbons (Fsp3) is 0.607. The molecule has 1 aromatic carbocycles. The van der Waals surface area contributed by atoms with Crippen molar-refractivity contribution in [1.29, 1.82) is 0 Å². The molecule has 39 heavy (non-hydrogen) atoms. The van der Waals surface area contributed by atoms with Crippen LogP contribution in [0.15, 0.2) is 30.6 Å². The Hall–Kier alpha value is -2.76. The Morgan fingerprint density at radius 1 is 1.18 bits per heavy atom. The number of amides is 1. The van der Waals surface area contributed by atoms with Crippen LogP contribution in [0.5, 0.6) is 0 Å². The van der Waals surface area contributed by atoms with Crippen molar-refractivity contribution in [2.24, 2.45) is 0 Å². The molecule has 2 aliphatic heterocycles. The van der Waals surface area contributed by atoms with Gasteiger partial charge in [0.2, 0.25) is 0 Å². The highest BCUT2D eigenvalue weighted by Crippen LogP contribution is 2.35. The van der Waals surface area contributed by atoms with Gasteiger partial charge in [0.25, 0.3) is 12.2 Å². The summed E-state index contributed by atoms with van der Waals surface area (Å²) in [6.45, 7) is 11.7. The normalized spacial score (nSPS) is 21.6. The van der Waals surface area contributed by atoms with E-state index in [9.17, 15) is 23.2 Å². The number of alkyl halides is 3. The summed E-state index contributed by atoms with van der Waals surface area (Å²) in [7, 11) is 1.61. The van der Waals surface area contributed by atoms with E-state index in [1.165, 1.54) is 6.33 Å². The summed E-state index contributed by atoms with van der Waals surface area (Å²) < 4.78 is 45.3. The van der Waals surface area contributed by atoms with Crippen molar-refractivity contribution in [3.8, 4) is 0 Å². The van der Waals surface area contributed by atoms with Crippen molar-refractivity contribution in [1.82, 2.24) is 19.7 Å². The van der Waals surface area contributed by atoms with Crippen molar-refractivity contribution in [2.75, 3.05) is 46.4 Å². The number of benzene rings is 1. The molecule has 0 aliphatic carbocycles. The molecule has 1 amide bonds. The van der Waals surface area contributed by atoms with E-state index in [2.05, 4.69) is 28.6 Å².